The van der Waals surface area contributed by atoms with Gasteiger partial charge in [-0.15, -0.1) is 11.8 Å². The highest BCUT2D eigenvalue weighted by Crippen LogP contribution is 2.22. The predicted octanol–water partition coefficient (Wildman–Crippen LogP) is 3.15. The van der Waals surface area contributed by atoms with Crippen molar-refractivity contribution in [1.82, 2.24) is 4.98 Å². The Morgan fingerprint density at radius 3 is 3.06 bits per heavy atom. The monoisotopic (exact) mass is 327 g/mol. The maximum absolute atomic E-state index is 10.3. The number of hydrogen-bond donors (Lipinski definition) is 1. The molecular weight excluding hydrogens is 318 g/mol. The van der Waals surface area contributed by atoms with E-state index in [1.807, 2.05) is 24.3 Å². The zero-order valence-electron chi connectivity index (χ0n) is 9.30. The maximum atomic E-state index is 10.3. The van der Waals surface area contributed by atoms with Gasteiger partial charge in [0.2, 0.25) is 0 Å². The van der Waals surface area contributed by atoms with Crippen LogP contribution in [0.4, 0.5) is 0 Å². The number of fused-ring (bicyclic) bond motifs is 1. The van der Waals surface area contributed by atoms with Crippen LogP contribution in [0.5, 0.6) is 5.75 Å². The summed E-state index contributed by atoms with van der Waals surface area (Å²) in [5.41, 5.74) is 0.892. The third-order valence-electron chi connectivity index (χ3n) is 2.15. The van der Waals surface area contributed by atoms with Crippen LogP contribution in [0.1, 0.15) is 0 Å². The first-order chi connectivity index (χ1) is 8.65. The molecule has 0 aliphatic heterocycles. The summed E-state index contributed by atoms with van der Waals surface area (Å²) in [6.45, 7) is 0. The minimum Gasteiger partial charge on any atom is -0.483 e. The van der Waals surface area contributed by atoms with E-state index in [0.717, 1.165) is 15.4 Å². The molecule has 2 aromatic rings. The fraction of sp³-hybridized carbons (Fsp3) is 0.167. The molecule has 0 amide bonds. The van der Waals surface area contributed by atoms with Gasteiger partial charge in [-0.1, -0.05) is 0 Å². The number of aromatic nitrogens is 1. The summed E-state index contributed by atoms with van der Waals surface area (Å²) < 4.78 is 6.37. The number of halogens is 1. The third kappa shape index (κ3) is 3.61. The normalized spacial score (nSPS) is 10.5. The average molecular weight is 328 g/mol. The van der Waals surface area contributed by atoms with E-state index >= 15 is 0 Å². The van der Waals surface area contributed by atoms with Gasteiger partial charge in [0.1, 0.15) is 11.7 Å². The zero-order valence-corrected chi connectivity index (χ0v) is 11.7. The number of carboxylic acid groups (broad SMARTS) is 1. The highest BCUT2D eigenvalue weighted by Gasteiger charge is 2.01. The van der Waals surface area contributed by atoms with E-state index in [1.165, 1.54) is 11.8 Å². The van der Waals surface area contributed by atoms with Crippen LogP contribution < -0.4 is 4.74 Å². The van der Waals surface area contributed by atoms with E-state index in [2.05, 4.69) is 20.9 Å². The van der Waals surface area contributed by atoms with Crippen LogP contribution in [0.3, 0.4) is 0 Å². The lowest BCUT2D eigenvalue weighted by Crippen LogP contribution is -2.01. The van der Waals surface area contributed by atoms with Gasteiger partial charge < -0.3 is 9.84 Å². The Hall–Kier alpha value is -1.27. The number of aliphatic carboxylic acids is 1. The largest absolute Gasteiger partial charge is 0.483 e. The van der Waals surface area contributed by atoms with Gasteiger partial charge in [-0.3, -0.25) is 9.78 Å². The van der Waals surface area contributed by atoms with Crippen molar-refractivity contribution in [2.45, 2.75) is 0 Å². The Balaban J connectivity index is 2.03. The first-order valence-corrected chi connectivity index (χ1v) is 7.07. The smallest absolute Gasteiger partial charge is 0.313 e. The fourth-order valence-corrected chi connectivity index (χ4v) is 2.24. The number of thioether (sulfide) groups is 1. The number of nitrogens with zero attached hydrogens (tertiary/aromatic N) is 1. The summed E-state index contributed by atoms with van der Waals surface area (Å²) >= 11 is 4.58. The van der Waals surface area contributed by atoms with Crippen LogP contribution >= 0.6 is 27.7 Å². The Morgan fingerprint density at radius 2 is 2.28 bits per heavy atom. The molecule has 0 aliphatic carbocycles. The van der Waals surface area contributed by atoms with Crippen LogP contribution in [0.2, 0.25) is 0 Å². The quantitative estimate of drug-likeness (QED) is 0.675. The van der Waals surface area contributed by atoms with Crippen molar-refractivity contribution >= 4 is 44.6 Å². The standard InChI is InChI=1S/C12H10BrNO3S/c13-9-3-8-4-10(1-2-11(8)14-5-9)17-7-18-6-12(15)16/h1-5H,6-7H2,(H,15,16). The lowest BCUT2D eigenvalue weighted by molar-refractivity contribution is -0.133. The molecule has 2 rings (SSSR count). The van der Waals surface area contributed by atoms with Crippen molar-refractivity contribution in [3.05, 3.63) is 34.9 Å². The fourth-order valence-electron chi connectivity index (χ4n) is 1.41. The van der Waals surface area contributed by atoms with Crippen LogP contribution in [0.25, 0.3) is 10.9 Å². The summed E-state index contributed by atoms with van der Waals surface area (Å²) in [6.07, 6.45) is 1.74. The lowest BCUT2D eigenvalue weighted by atomic mass is 10.2. The van der Waals surface area contributed by atoms with Gasteiger partial charge in [-0.05, 0) is 40.2 Å². The summed E-state index contributed by atoms with van der Waals surface area (Å²) in [5.74, 6) is 0.232. The van der Waals surface area contributed by atoms with Gasteiger partial charge in [-0.25, -0.2) is 0 Å². The molecule has 0 saturated heterocycles. The van der Waals surface area contributed by atoms with Crippen molar-refractivity contribution in [3.63, 3.8) is 0 Å². The minimum absolute atomic E-state index is 0.0423. The molecule has 1 N–H and O–H groups in total. The van der Waals surface area contributed by atoms with Crippen molar-refractivity contribution in [2.75, 3.05) is 11.7 Å². The molecule has 0 saturated carbocycles. The Bertz CT molecular complexity index is 576. The third-order valence-corrected chi connectivity index (χ3v) is 3.32. The molecule has 6 heteroatoms. The highest BCUT2D eigenvalue weighted by atomic mass is 79.9. The minimum atomic E-state index is -0.838. The van der Waals surface area contributed by atoms with Crippen LogP contribution in [0.15, 0.2) is 34.9 Å². The summed E-state index contributed by atoms with van der Waals surface area (Å²) in [6, 6.07) is 7.54. The summed E-state index contributed by atoms with van der Waals surface area (Å²) in [7, 11) is 0. The number of pyridine rings is 1. The molecule has 0 radical (unpaired) electrons. The van der Waals surface area contributed by atoms with Crippen LogP contribution in [-0.2, 0) is 4.79 Å². The first kappa shape index (κ1) is 13.2. The topological polar surface area (TPSA) is 59.4 Å². The highest BCUT2D eigenvalue weighted by molar-refractivity contribution is 9.10. The molecule has 94 valence electrons. The van der Waals surface area contributed by atoms with E-state index in [0.29, 0.717) is 11.7 Å². The second-order valence-electron chi connectivity index (χ2n) is 3.51. The average Bonchev–Trinajstić information content (AvgIpc) is 2.34. The molecule has 1 heterocycles. The number of carboxylic acids is 1. The van der Waals surface area contributed by atoms with Gasteiger partial charge in [0, 0.05) is 16.1 Å². The van der Waals surface area contributed by atoms with Gasteiger partial charge in [0.05, 0.1) is 11.3 Å². The van der Waals surface area contributed by atoms with E-state index in [-0.39, 0.29) is 5.75 Å². The van der Waals surface area contributed by atoms with E-state index in [1.54, 1.807) is 6.20 Å². The van der Waals surface area contributed by atoms with Crippen molar-refractivity contribution in [2.24, 2.45) is 0 Å². The number of ether oxygens (including phenoxy) is 1. The number of benzene rings is 1. The van der Waals surface area contributed by atoms with Crippen molar-refractivity contribution < 1.29 is 14.6 Å². The Morgan fingerprint density at radius 1 is 1.44 bits per heavy atom. The Kier molecular flexibility index (Phi) is 4.43. The molecule has 0 atom stereocenters. The first-order valence-electron chi connectivity index (χ1n) is 5.13. The van der Waals surface area contributed by atoms with Gasteiger partial charge in [-0.2, -0.15) is 0 Å². The van der Waals surface area contributed by atoms with Crippen molar-refractivity contribution in [3.8, 4) is 5.75 Å². The molecule has 1 aromatic carbocycles. The summed E-state index contributed by atoms with van der Waals surface area (Å²) in [4.78, 5) is 14.6. The van der Waals surface area contributed by atoms with Gasteiger partial charge in [0.15, 0.2) is 0 Å². The second-order valence-corrected chi connectivity index (χ2v) is 5.36. The maximum Gasteiger partial charge on any atom is 0.313 e. The summed E-state index contributed by atoms with van der Waals surface area (Å²) in [5, 5.41) is 9.47. The zero-order chi connectivity index (χ0) is 13.0. The predicted molar refractivity (Wildman–Crippen MR) is 75.0 cm³/mol. The van der Waals surface area contributed by atoms with Crippen LogP contribution in [0, 0.1) is 0 Å². The number of hydrogen-bond acceptors (Lipinski definition) is 4. The molecule has 0 unspecified atom stereocenters. The van der Waals surface area contributed by atoms with Crippen LogP contribution in [-0.4, -0.2) is 27.8 Å². The molecule has 18 heavy (non-hydrogen) atoms. The molecule has 0 aliphatic rings. The number of rotatable bonds is 5. The van der Waals surface area contributed by atoms with Gasteiger partial charge >= 0.3 is 5.97 Å². The molecular formula is C12H10BrNO3S. The SMILES string of the molecule is O=C(O)CSCOc1ccc2ncc(Br)cc2c1. The van der Waals surface area contributed by atoms with E-state index < -0.39 is 5.97 Å². The molecule has 1 aromatic heterocycles. The van der Waals surface area contributed by atoms with E-state index in [4.69, 9.17) is 9.84 Å². The molecule has 0 spiro atoms. The van der Waals surface area contributed by atoms with Crippen molar-refractivity contribution in [1.29, 1.82) is 0 Å². The lowest BCUT2D eigenvalue weighted by Gasteiger charge is -2.06. The van der Waals surface area contributed by atoms with Gasteiger partial charge in [0.25, 0.3) is 0 Å². The molecule has 4 nitrogen and oxygen atoms in total. The number of carbonyl (C=O) groups is 1. The van der Waals surface area contributed by atoms with E-state index in [9.17, 15) is 4.79 Å². The second kappa shape index (κ2) is 6.06. The molecule has 0 bridgehead atoms. The molecule has 0 fully saturated rings. The Labute approximate surface area is 116 Å².